The highest BCUT2D eigenvalue weighted by Gasteiger charge is 2.07. The van der Waals surface area contributed by atoms with E-state index in [2.05, 4.69) is 0 Å². The molecule has 0 radical (unpaired) electrons. The summed E-state index contributed by atoms with van der Waals surface area (Å²) < 4.78 is 0. The van der Waals surface area contributed by atoms with Gasteiger partial charge in [-0.05, 0) is 17.7 Å². The van der Waals surface area contributed by atoms with Crippen LogP contribution in [0.5, 0.6) is 0 Å². The smallest absolute Gasteiger partial charge is 0.248 e. The number of carbonyl (C=O) groups excluding carboxylic acids is 1. The molecule has 0 aliphatic rings. The molecule has 0 saturated carbocycles. The van der Waals surface area contributed by atoms with Crippen molar-refractivity contribution in [3.05, 3.63) is 35.4 Å². The van der Waals surface area contributed by atoms with E-state index in [1.54, 1.807) is 18.2 Å². The molecule has 1 aromatic carbocycles. The lowest BCUT2D eigenvalue weighted by molar-refractivity contribution is 0.0950. The number of hydrogen-bond donors (Lipinski definition) is 3. The molecular weight excluding hydrogens is 170 g/mol. The maximum absolute atomic E-state index is 10.7. The quantitative estimate of drug-likeness (QED) is 0.604. The molecule has 0 heterocycles. The van der Waals surface area contributed by atoms with E-state index in [1.165, 1.54) is 6.07 Å². The van der Waals surface area contributed by atoms with Crippen molar-refractivity contribution in [2.24, 2.45) is 5.73 Å². The minimum atomic E-state index is -0.959. The van der Waals surface area contributed by atoms with Crippen molar-refractivity contribution in [3.8, 4) is 0 Å². The van der Waals surface area contributed by atoms with Gasteiger partial charge >= 0.3 is 0 Å². The van der Waals surface area contributed by atoms with Crippen molar-refractivity contribution in [1.29, 1.82) is 0 Å². The maximum atomic E-state index is 10.7. The Morgan fingerprint density at radius 2 is 2.23 bits per heavy atom. The van der Waals surface area contributed by atoms with Crippen molar-refractivity contribution in [1.82, 2.24) is 0 Å². The normalized spacial score (nSPS) is 12.5. The summed E-state index contributed by atoms with van der Waals surface area (Å²) in [6.45, 7) is -0.373. The van der Waals surface area contributed by atoms with Crippen molar-refractivity contribution >= 4 is 5.91 Å². The van der Waals surface area contributed by atoms with Gasteiger partial charge < -0.3 is 15.9 Å². The van der Waals surface area contributed by atoms with E-state index in [1.807, 2.05) is 0 Å². The minimum Gasteiger partial charge on any atom is -0.393 e. The monoisotopic (exact) mass is 181 g/mol. The number of aliphatic hydroxyl groups excluding tert-OH is 2. The Labute approximate surface area is 75.6 Å². The fourth-order valence-corrected chi connectivity index (χ4v) is 1.00. The molecular formula is C9H11NO3. The third-order valence-electron chi connectivity index (χ3n) is 1.73. The highest BCUT2D eigenvalue weighted by molar-refractivity contribution is 5.92. The number of hydrogen-bond acceptors (Lipinski definition) is 3. The Morgan fingerprint density at radius 1 is 1.54 bits per heavy atom. The molecule has 0 spiro atoms. The first-order valence-corrected chi connectivity index (χ1v) is 3.84. The Morgan fingerprint density at radius 3 is 2.77 bits per heavy atom. The second-order valence-corrected chi connectivity index (χ2v) is 2.69. The van der Waals surface area contributed by atoms with E-state index >= 15 is 0 Å². The standard InChI is InChI=1S/C9H11NO3/c10-9(13)7-3-1-2-6(4-7)8(12)5-11/h1-4,8,11-12H,5H2,(H2,10,13)/t8-/m1/s1. The Bertz CT molecular complexity index is 311. The third kappa shape index (κ3) is 2.27. The number of rotatable bonds is 3. The zero-order valence-corrected chi connectivity index (χ0v) is 6.97. The molecule has 70 valence electrons. The van der Waals surface area contributed by atoms with E-state index in [4.69, 9.17) is 10.8 Å². The summed E-state index contributed by atoms with van der Waals surface area (Å²) >= 11 is 0. The number of nitrogens with two attached hydrogens (primary N) is 1. The van der Waals surface area contributed by atoms with Crippen molar-refractivity contribution in [2.75, 3.05) is 6.61 Å². The van der Waals surface area contributed by atoms with E-state index in [9.17, 15) is 9.90 Å². The van der Waals surface area contributed by atoms with Gasteiger partial charge in [-0.15, -0.1) is 0 Å². The van der Waals surface area contributed by atoms with Gasteiger partial charge in [-0.3, -0.25) is 4.79 Å². The van der Waals surface area contributed by atoms with Gasteiger partial charge in [0, 0.05) is 5.56 Å². The van der Waals surface area contributed by atoms with Crippen LogP contribution in [-0.4, -0.2) is 22.7 Å². The molecule has 1 amide bonds. The number of carbonyl (C=O) groups is 1. The van der Waals surface area contributed by atoms with Crippen molar-refractivity contribution < 1.29 is 15.0 Å². The molecule has 0 fully saturated rings. The summed E-state index contributed by atoms with van der Waals surface area (Å²) in [6.07, 6.45) is -0.959. The van der Waals surface area contributed by atoms with Crippen molar-refractivity contribution in [2.45, 2.75) is 6.10 Å². The van der Waals surface area contributed by atoms with Crippen molar-refractivity contribution in [3.63, 3.8) is 0 Å². The van der Waals surface area contributed by atoms with Crippen LogP contribution < -0.4 is 5.73 Å². The zero-order valence-electron chi connectivity index (χ0n) is 6.97. The van der Waals surface area contributed by atoms with Crippen LogP contribution in [0.15, 0.2) is 24.3 Å². The molecule has 13 heavy (non-hydrogen) atoms. The maximum Gasteiger partial charge on any atom is 0.248 e. The Kier molecular flexibility index (Phi) is 3.00. The minimum absolute atomic E-state index is 0.324. The number of amides is 1. The van der Waals surface area contributed by atoms with E-state index < -0.39 is 12.0 Å². The van der Waals surface area contributed by atoms with E-state index in [0.29, 0.717) is 11.1 Å². The number of primary amides is 1. The predicted molar refractivity (Wildman–Crippen MR) is 47.0 cm³/mol. The van der Waals surface area contributed by atoms with Gasteiger partial charge in [0.1, 0.15) is 6.10 Å². The first-order chi connectivity index (χ1) is 6.15. The van der Waals surface area contributed by atoms with Gasteiger partial charge in [0.15, 0.2) is 0 Å². The third-order valence-corrected chi connectivity index (χ3v) is 1.73. The fraction of sp³-hybridized carbons (Fsp3) is 0.222. The van der Waals surface area contributed by atoms with Crippen LogP contribution >= 0.6 is 0 Å². The molecule has 0 aliphatic carbocycles. The predicted octanol–water partition coefficient (Wildman–Crippen LogP) is -0.189. The van der Waals surface area contributed by atoms with Gasteiger partial charge in [-0.25, -0.2) is 0 Å². The average molecular weight is 181 g/mol. The molecule has 1 atom stereocenters. The summed E-state index contributed by atoms with van der Waals surface area (Å²) in [6, 6.07) is 6.24. The van der Waals surface area contributed by atoms with Gasteiger partial charge in [0.25, 0.3) is 0 Å². The van der Waals surface area contributed by atoms with Crippen LogP contribution in [0.2, 0.25) is 0 Å². The lowest BCUT2D eigenvalue weighted by atomic mass is 10.1. The highest BCUT2D eigenvalue weighted by Crippen LogP contribution is 2.13. The van der Waals surface area contributed by atoms with Gasteiger partial charge in [-0.1, -0.05) is 12.1 Å². The van der Waals surface area contributed by atoms with Gasteiger partial charge in [-0.2, -0.15) is 0 Å². The SMILES string of the molecule is NC(=O)c1cccc([C@H](O)CO)c1. The van der Waals surface area contributed by atoms with Crippen LogP contribution in [0.1, 0.15) is 22.0 Å². The Balaban J connectivity index is 2.98. The molecule has 4 heteroatoms. The fourth-order valence-electron chi connectivity index (χ4n) is 1.00. The summed E-state index contributed by atoms with van der Waals surface area (Å²) in [5.74, 6) is -0.549. The topological polar surface area (TPSA) is 83.6 Å². The Hall–Kier alpha value is -1.39. The summed E-state index contributed by atoms with van der Waals surface area (Å²) in [5.41, 5.74) is 5.85. The molecule has 1 rings (SSSR count). The average Bonchev–Trinajstić information content (AvgIpc) is 2.17. The number of aliphatic hydroxyl groups is 2. The van der Waals surface area contributed by atoms with Crippen LogP contribution in [0.4, 0.5) is 0 Å². The molecule has 0 bridgehead atoms. The van der Waals surface area contributed by atoms with Crippen LogP contribution in [0, 0.1) is 0 Å². The van der Waals surface area contributed by atoms with Gasteiger partial charge in [0.2, 0.25) is 5.91 Å². The zero-order chi connectivity index (χ0) is 9.84. The largest absolute Gasteiger partial charge is 0.393 e. The summed E-state index contributed by atoms with van der Waals surface area (Å²) in [4.78, 5) is 10.7. The molecule has 4 N–H and O–H groups in total. The molecule has 4 nitrogen and oxygen atoms in total. The van der Waals surface area contributed by atoms with E-state index in [-0.39, 0.29) is 6.61 Å². The number of benzene rings is 1. The molecule has 0 aromatic heterocycles. The summed E-state index contributed by atoms with van der Waals surface area (Å²) in [7, 11) is 0. The lowest BCUT2D eigenvalue weighted by Crippen LogP contribution is -2.12. The second-order valence-electron chi connectivity index (χ2n) is 2.69. The summed E-state index contributed by atoms with van der Waals surface area (Å²) in [5, 5.41) is 17.9. The molecule has 0 saturated heterocycles. The highest BCUT2D eigenvalue weighted by atomic mass is 16.3. The van der Waals surface area contributed by atoms with Crippen LogP contribution in [0.3, 0.4) is 0 Å². The first kappa shape index (κ1) is 9.70. The molecule has 1 aromatic rings. The van der Waals surface area contributed by atoms with Crippen LogP contribution in [0.25, 0.3) is 0 Å². The first-order valence-electron chi connectivity index (χ1n) is 3.84. The second kappa shape index (κ2) is 4.02. The van der Waals surface area contributed by atoms with Crippen LogP contribution in [-0.2, 0) is 0 Å². The van der Waals surface area contributed by atoms with E-state index in [0.717, 1.165) is 0 Å². The molecule has 0 unspecified atom stereocenters. The molecule has 0 aliphatic heterocycles. The lowest BCUT2D eigenvalue weighted by Gasteiger charge is -2.07. The van der Waals surface area contributed by atoms with Gasteiger partial charge in [0.05, 0.1) is 6.61 Å².